The van der Waals surface area contributed by atoms with Gasteiger partial charge in [-0.2, -0.15) is 0 Å². The Bertz CT molecular complexity index is 338. The molecule has 2 heterocycles. The summed E-state index contributed by atoms with van der Waals surface area (Å²) in [7, 11) is 0. The third-order valence-corrected chi connectivity index (χ3v) is 4.80. The van der Waals surface area contributed by atoms with Crippen LogP contribution in [0.15, 0.2) is 0 Å². The molecule has 130 valence electrons. The van der Waals surface area contributed by atoms with Crippen LogP contribution in [0.5, 0.6) is 0 Å². The van der Waals surface area contributed by atoms with Gasteiger partial charge in [0, 0.05) is 25.5 Å². The summed E-state index contributed by atoms with van der Waals surface area (Å²) in [5, 5.41) is 6.49. The molecule has 0 saturated carbocycles. The number of amides is 1. The van der Waals surface area contributed by atoms with E-state index in [1.165, 1.54) is 6.42 Å². The van der Waals surface area contributed by atoms with Crippen molar-refractivity contribution in [3.63, 3.8) is 0 Å². The van der Waals surface area contributed by atoms with E-state index in [1.54, 1.807) is 0 Å². The minimum Gasteiger partial charge on any atom is -0.377 e. The van der Waals surface area contributed by atoms with Crippen molar-refractivity contribution in [2.45, 2.75) is 59.0 Å². The minimum atomic E-state index is 0. The first kappa shape index (κ1) is 19.7. The van der Waals surface area contributed by atoms with Gasteiger partial charge in [-0.3, -0.25) is 4.79 Å². The second-order valence-electron chi connectivity index (χ2n) is 7.76. The van der Waals surface area contributed by atoms with Gasteiger partial charge in [0.2, 0.25) is 5.91 Å². The maximum absolute atomic E-state index is 12.0. The first-order valence-corrected chi connectivity index (χ1v) is 8.56. The Hall–Kier alpha value is -0.320. The third-order valence-electron chi connectivity index (χ3n) is 4.80. The highest BCUT2D eigenvalue weighted by atomic mass is 35.5. The summed E-state index contributed by atoms with van der Waals surface area (Å²) in [6, 6.07) is 0. The summed E-state index contributed by atoms with van der Waals surface area (Å²) in [4.78, 5) is 12.0. The highest BCUT2D eigenvalue weighted by Crippen LogP contribution is 2.33. The second kappa shape index (κ2) is 9.09. The van der Waals surface area contributed by atoms with Crippen LogP contribution in [0.4, 0.5) is 0 Å². The van der Waals surface area contributed by atoms with Gasteiger partial charge in [-0.15, -0.1) is 12.4 Å². The van der Waals surface area contributed by atoms with E-state index in [2.05, 4.69) is 31.4 Å². The predicted molar refractivity (Wildman–Crippen MR) is 92.4 cm³/mol. The van der Waals surface area contributed by atoms with Crippen LogP contribution in [0.2, 0.25) is 0 Å². The molecule has 22 heavy (non-hydrogen) atoms. The molecule has 2 fully saturated rings. The van der Waals surface area contributed by atoms with E-state index in [4.69, 9.17) is 4.74 Å². The lowest BCUT2D eigenvalue weighted by Crippen LogP contribution is -2.45. The monoisotopic (exact) mass is 332 g/mol. The lowest BCUT2D eigenvalue weighted by atomic mass is 9.78. The summed E-state index contributed by atoms with van der Waals surface area (Å²) in [5.41, 5.74) is 0.144. The van der Waals surface area contributed by atoms with Crippen LogP contribution in [0.25, 0.3) is 0 Å². The molecule has 2 rings (SSSR count). The summed E-state index contributed by atoms with van der Waals surface area (Å²) >= 11 is 0. The van der Waals surface area contributed by atoms with Crippen LogP contribution in [-0.2, 0) is 9.53 Å². The van der Waals surface area contributed by atoms with Gasteiger partial charge in [0.05, 0.1) is 6.10 Å². The molecule has 4 nitrogen and oxygen atoms in total. The van der Waals surface area contributed by atoms with Crippen molar-refractivity contribution >= 4 is 18.3 Å². The molecule has 3 unspecified atom stereocenters. The average Bonchev–Trinajstić information content (AvgIpc) is 2.95. The highest BCUT2D eigenvalue weighted by molar-refractivity contribution is 5.85. The first-order valence-electron chi connectivity index (χ1n) is 8.56. The van der Waals surface area contributed by atoms with Crippen molar-refractivity contribution < 1.29 is 9.53 Å². The molecule has 0 aliphatic carbocycles. The maximum Gasteiger partial charge on any atom is 0.220 e. The molecule has 0 bridgehead atoms. The van der Waals surface area contributed by atoms with E-state index in [0.717, 1.165) is 45.5 Å². The molecule has 0 aromatic carbocycles. The van der Waals surface area contributed by atoms with Gasteiger partial charge in [0.1, 0.15) is 0 Å². The van der Waals surface area contributed by atoms with Crippen LogP contribution < -0.4 is 10.6 Å². The number of halogens is 1. The Morgan fingerprint density at radius 2 is 2.09 bits per heavy atom. The fourth-order valence-corrected chi connectivity index (χ4v) is 3.64. The Balaban J connectivity index is 0.00000242. The Morgan fingerprint density at radius 1 is 1.32 bits per heavy atom. The molecule has 2 aliphatic heterocycles. The molecule has 2 saturated heterocycles. The van der Waals surface area contributed by atoms with Gasteiger partial charge >= 0.3 is 0 Å². The molecule has 0 radical (unpaired) electrons. The number of hydrogen-bond donors (Lipinski definition) is 2. The Labute approximate surface area is 141 Å². The summed E-state index contributed by atoms with van der Waals surface area (Å²) in [5.74, 6) is 1.35. The van der Waals surface area contributed by atoms with E-state index < -0.39 is 0 Å². The number of carbonyl (C=O) groups excluding carboxylic acids is 1. The lowest BCUT2D eigenvalue weighted by Gasteiger charge is -2.40. The lowest BCUT2D eigenvalue weighted by molar-refractivity contribution is -0.123. The quantitative estimate of drug-likeness (QED) is 0.814. The summed E-state index contributed by atoms with van der Waals surface area (Å²) < 4.78 is 5.97. The predicted octanol–water partition coefficient (Wildman–Crippen LogP) is 2.76. The zero-order valence-electron chi connectivity index (χ0n) is 14.3. The van der Waals surface area contributed by atoms with Gasteiger partial charge in [-0.1, -0.05) is 20.8 Å². The molecule has 0 spiro atoms. The van der Waals surface area contributed by atoms with Crippen molar-refractivity contribution in [3.8, 4) is 0 Å². The molecule has 1 amide bonds. The van der Waals surface area contributed by atoms with Crippen molar-refractivity contribution in [3.05, 3.63) is 0 Å². The smallest absolute Gasteiger partial charge is 0.220 e. The number of rotatable bonds is 5. The van der Waals surface area contributed by atoms with Gasteiger partial charge in [0.15, 0.2) is 0 Å². The SMILES string of the molecule is CC(C)(C)C1OCCCC1CNC(=O)CCC1CCNC1.Cl. The largest absolute Gasteiger partial charge is 0.377 e. The Morgan fingerprint density at radius 3 is 2.73 bits per heavy atom. The summed E-state index contributed by atoms with van der Waals surface area (Å²) in [6.07, 6.45) is 5.43. The van der Waals surface area contributed by atoms with Gasteiger partial charge < -0.3 is 15.4 Å². The number of hydrogen-bond acceptors (Lipinski definition) is 3. The third kappa shape index (κ3) is 6.05. The average molecular weight is 333 g/mol. The molecule has 0 aromatic heterocycles. The zero-order valence-corrected chi connectivity index (χ0v) is 15.1. The minimum absolute atomic E-state index is 0. The number of nitrogens with one attached hydrogen (secondary N) is 2. The van der Waals surface area contributed by atoms with Gasteiger partial charge in [-0.05, 0) is 50.1 Å². The maximum atomic E-state index is 12.0. The fourth-order valence-electron chi connectivity index (χ4n) is 3.64. The van der Waals surface area contributed by atoms with Crippen molar-refractivity contribution in [2.75, 3.05) is 26.2 Å². The van der Waals surface area contributed by atoms with Gasteiger partial charge in [-0.25, -0.2) is 0 Å². The molecule has 3 atom stereocenters. The van der Waals surface area contributed by atoms with E-state index >= 15 is 0 Å². The van der Waals surface area contributed by atoms with Crippen LogP contribution in [-0.4, -0.2) is 38.3 Å². The molecule has 0 aromatic rings. The molecule has 5 heteroatoms. The standard InChI is InChI=1S/C17H32N2O2.ClH/c1-17(2,3)16-14(5-4-10-21-16)12-19-15(20)7-6-13-8-9-18-11-13;/h13-14,16,18H,4-12H2,1-3H3,(H,19,20);1H. The van der Waals surface area contributed by atoms with E-state index in [9.17, 15) is 4.79 Å². The summed E-state index contributed by atoms with van der Waals surface area (Å²) in [6.45, 7) is 10.5. The molecular formula is C17H33ClN2O2. The van der Waals surface area contributed by atoms with E-state index in [1.807, 2.05) is 0 Å². The molecular weight excluding hydrogens is 300 g/mol. The fraction of sp³-hybridized carbons (Fsp3) is 0.941. The Kier molecular flexibility index (Phi) is 8.15. The first-order chi connectivity index (χ1) is 9.97. The molecule has 2 aliphatic rings. The second-order valence-corrected chi connectivity index (χ2v) is 7.76. The van der Waals surface area contributed by atoms with Crippen LogP contribution in [0.1, 0.15) is 52.9 Å². The van der Waals surface area contributed by atoms with Crippen LogP contribution >= 0.6 is 12.4 Å². The van der Waals surface area contributed by atoms with Crippen molar-refractivity contribution in [2.24, 2.45) is 17.3 Å². The van der Waals surface area contributed by atoms with Crippen LogP contribution in [0.3, 0.4) is 0 Å². The van der Waals surface area contributed by atoms with Crippen molar-refractivity contribution in [1.29, 1.82) is 0 Å². The topological polar surface area (TPSA) is 50.4 Å². The normalized spacial score (nSPS) is 29.0. The van der Waals surface area contributed by atoms with Crippen molar-refractivity contribution in [1.82, 2.24) is 10.6 Å². The number of ether oxygens (including phenoxy) is 1. The highest BCUT2D eigenvalue weighted by Gasteiger charge is 2.35. The van der Waals surface area contributed by atoms with Gasteiger partial charge in [0.25, 0.3) is 0 Å². The molecule has 2 N–H and O–H groups in total. The zero-order chi connectivity index (χ0) is 15.3. The van der Waals surface area contributed by atoms with E-state index in [0.29, 0.717) is 18.3 Å². The van der Waals surface area contributed by atoms with E-state index in [-0.39, 0.29) is 29.8 Å². The van der Waals surface area contributed by atoms with Crippen LogP contribution in [0, 0.1) is 17.3 Å². The number of carbonyl (C=O) groups is 1.